The summed E-state index contributed by atoms with van der Waals surface area (Å²) in [7, 11) is 0. The molecular weight excluding hydrogens is 346 g/mol. The summed E-state index contributed by atoms with van der Waals surface area (Å²) in [4.78, 5) is 23.0. The van der Waals surface area contributed by atoms with E-state index in [0.717, 1.165) is 0 Å². The van der Waals surface area contributed by atoms with Crippen LogP contribution < -0.4 is 5.32 Å². The fourth-order valence-corrected chi connectivity index (χ4v) is 2.85. The fourth-order valence-electron chi connectivity index (χ4n) is 2.77. The molecule has 0 aromatic heterocycles. The molecule has 1 aromatic rings. The van der Waals surface area contributed by atoms with E-state index in [1.807, 2.05) is 0 Å². The number of esters is 1. The Hall–Kier alpha value is -2.85. The van der Waals surface area contributed by atoms with Crippen molar-refractivity contribution in [1.29, 1.82) is 5.26 Å². The molecule has 0 aliphatic carbocycles. The third-order valence-corrected chi connectivity index (χ3v) is 3.98. The average Bonchev–Trinajstić information content (AvgIpc) is 2.59. The van der Waals surface area contributed by atoms with Crippen LogP contribution in [0.15, 0.2) is 46.8 Å². The second-order valence-electron chi connectivity index (χ2n) is 5.42. The number of hydrogen-bond donors (Lipinski definition) is 1. The lowest BCUT2D eigenvalue weighted by atomic mass is 9.81. The minimum Gasteiger partial charge on any atom is -0.461 e. The number of benzene rings is 1. The van der Waals surface area contributed by atoms with Crippen molar-refractivity contribution in [1.82, 2.24) is 5.32 Å². The first-order valence-electron chi connectivity index (χ1n) is 7.46. The highest BCUT2D eigenvalue weighted by atomic mass is 35.5. The highest BCUT2D eigenvalue weighted by molar-refractivity contribution is 6.18. The lowest BCUT2D eigenvalue weighted by Gasteiger charge is -2.28. The first-order valence-corrected chi connectivity index (χ1v) is 8.00. The Balaban J connectivity index is 2.59. The number of nitrogens with zero attached hydrogens (tertiary/aromatic N) is 2. The highest BCUT2D eigenvalue weighted by Crippen LogP contribution is 2.39. The number of carbonyl (C=O) groups excluding carboxylic acids is 1. The molecule has 0 fully saturated rings. The number of nitro groups is 1. The largest absolute Gasteiger partial charge is 0.461 e. The van der Waals surface area contributed by atoms with Crippen LogP contribution in [0.5, 0.6) is 0 Å². The lowest BCUT2D eigenvalue weighted by Crippen LogP contribution is -2.29. The molecule has 0 unspecified atom stereocenters. The zero-order valence-corrected chi connectivity index (χ0v) is 14.5. The summed E-state index contributed by atoms with van der Waals surface area (Å²) >= 11 is 5.56. The van der Waals surface area contributed by atoms with Gasteiger partial charge in [-0.3, -0.25) is 10.1 Å². The number of alkyl halides is 1. The zero-order chi connectivity index (χ0) is 18.6. The van der Waals surface area contributed by atoms with Crippen LogP contribution >= 0.6 is 11.6 Å². The molecule has 8 heteroatoms. The Morgan fingerprint density at radius 1 is 1.44 bits per heavy atom. The minimum atomic E-state index is -0.742. The molecule has 1 aromatic carbocycles. The number of non-ortho nitro benzene ring substituents is 1. The third kappa shape index (κ3) is 3.80. The van der Waals surface area contributed by atoms with E-state index >= 15 is 0 Å². The van der Waals surface area contributed by atoms with Gasteiger partial charge >= 0.3 is 5.97 Å². The number of carbonyl (C=O) groups is 1. The number of nitriles is 1. The average molecular weight is 362 g/mol. The Labute approximate surface area is 149 Å². The van der Waals surface area contributed by atoms with Gasteiger partial charge in [0.15, 0.2) is 0 Å². The van der Waals surface area contributed by atoms with Crippen LogP contribution in [0, 0.1) is 21.4 Å². The van der Waals surface area contributed by atoms with Crippen molar-refractivity contribution in [3.05, 3.63) is 62.5 Å². The van der Waals surface area contributed by atoms with Crippen molar-refractivity contribution >= 4 is 23.3 Å². The van der Waals surface area contributed by atoms with E-state index in [2.05, 4.69) is 11.4 Å². The Kier molecular flexibility index (Phi) is 5.78. The second-order valence-corrected chi connectivity index (χ2v) is 5.80. The molecule has 0 radical (unpaired) electrons. The molecule has 25 heavy (non-hydrogen) atoms. The molecule has 1 aliphatic heterocycles. The van der Waals surface area contributed by atoms with Crippen molar-refractivity contribution in [2.24, 2.45) is 0 Å². The summed E-state index contributed by atoms with van der Waals surface area (Å²) in [6, 6.07) is 7.99. The number of dihydropyridines is 1. The molecule has 2 rings (SSSR count). The van der Waals surface area contributed by atoms with Crippen LogP contribution in [0.1, 0.15) is 25.3 Å². The molecule has 1 atom stereocenters. The summed E-state index contributed by atoms with van der Waals surface area (Å²) in [6.45, 7) is 3.44. The third-order valence-electron chi connectivity index (χ3n) is 3.83. The number of rotatable bonds is 5. The van der Waals surface area contributed by atoms with Crippen molar-refractivity contribution < 1.29 is 14.5 Å². The molecule has 1 aliphatic rings. The van der Waals surface area contributed by atoms with Crippen LogP contribution in [0.4, 0.5) is 5.69 Å². The lowest BCUT2D eigenvalue weighted by molar-refractivity contribution is -0.384. The van der Waals surface area contributed by atoms with Gasteiger partial charge in [0.2, 0.25) is 0 Å². The topological polar surface area (TPSA) is 105 Å². The number of nitrogens with one attached hydrogen (secondary N) is 1. The molecule has 0 amide bonds. The summed E-state index contributed by atoms with van der Waals surface area (Å²) in [5.74, 6) is -1.20. The standard InChI is InChI=1S/C17H16ClN3O4/c1-10-14(9-19)16(12-4-3-5-13(8-12)21(23)24)15(11(2)20-10)17(22)25-7-6-18/h3-5,8,16,20H,6-7H2,1-2H3/t16-/m0/s1. The fraction of sp³-hybridized carbons (Fsp3) is 0.294. The number of hydrogen-bond acceptors (Lipinski definition) is 6. The van der Waals surface area contributed by atoms with Gasteiger partial charge in [-0.1, -0.05) is 12.1 Å². The quantitative estimate of drug-likeness (QED) is 0.374. The van der Waals surface area contributed by atoms with Crippen LogP contribution in [-0.2, 0) is 9.53 Å². The van der Waals surface area contributed by atoms with E-state index < -0.39 is 16.8 Å². The van der Waals surface area contributed by atoms with Gasteiger partial charge in [-0.15, -0.1) is 11.6 Å². The predicted octanol–water partition coefficient (Wildman–Crippen LogP) is 3.14. The maximum absolute atomic E-state index is 12.5. The Morgan fingerprint density at radius 2 is 2.16 bits per heavy atom. The van der Waals surface area contributed by atoms with Crippen LogP contribution in [-0.4, -0.2) is 23.4 Å². The molecule has 130 valence electrons. The SMILES string of the molecule is CC1=C(C#N)[C@H](c2cccc([N+](=O)[O-])c2)C(C(=O)OCCCl)=C(C)N1. The maximum atomic E-state index is 12.5. The zero-order valence-electron chi connectivity index (χ0n) is 13.7. The van der Waals surface area contributed by atoms with Gasteiger partial charge in [-0.05, 0) is 19.4 Å². The minimum absolute atomic E-state index is 0.0312. The van der Waals surface area contributed by atoms with E-state index in [0.29, 0.717) is 22.5 Å². The van der Waals surface area contributed by atoms with Gasteiger partial charge in [-0.2, -0.15) is 5.26 Å². The van der Waals surface area contributed by atoms with E-state index in [-0.39, 0.29) is 23.7 Å². The van der Waals surface area contributed by atoms with E-state index in [9.17, 15) is 20.2 Å². The number of ether oxygens (including phenoxy) is 1. The van der Waals surface area contributed by atoms with Crippen molar-refractivity contribution in [3.8, 4) is 6.07 Å². The first kappa shape index (κ1) is 18.5. The second kappa shape index (κ2) is 7.81. The Morgan fingerprint density at radius 3 is 2.76 bits per heavy atom. The molecule has 0 spiro atoms. The molecule has 0 saturated heterocycles. The van der Waals surface area contributed by atoms with Crippen molar-refractivity contribution in [2.75, 3.05) is 12.5 Å². The van der Waals surface area contributed by atoms with Gasteiger partial charge in [0.25, 0.3) is 5.69 Å². The first-order chi connectivity index (χ1) is 11.9. The molecule has 1 N–H and O–H groups in total. The van der Waals surface area contributed by atoms with Gasteiger partial charge < -0.3 is 10.1 Å². The van der Waals surface area contributed by atoms with Gasteiger partial charge in [0.05, 0.1) is 33.9 Å². The van der Waals surface area contributed by atoms with Gasteiger partial charge in [0.1, 0.15) is 6.61 Å². The van der Waals surface area contributed by atoms with Crippen molar-refractivity contribution in [2.45, 2.75) is 19.8 Å². The van der Waals surface area contributed by atoms with Crippen LogP contribution in [0.2, 0.25) is 0 Å². The van der Waals surface area contributed by atoms with E-state index in [4.69, 9.17) is 16.3 Å². The molecule has 1 heterocycles. The summed E-state index contributed by atoms with van der Waals surface area (Å²) in [5.41, 5.74) is 2.04. The monoisotopic (exact) mass is 361 g/mol. The normalized spacial score (nSPS) is 17.0. The van der Waals surface area contributed by atoms with E-state index in [1.165, 1.54) is 18.2 Å². The summed E-state index contributed by atoms with van der Waals surface area (Å²) in [6.07, 6.45) is 0. The van der Waals surface area contributed by atoms with Crippen LogP contribution in [0.25, 0.3) is 0 Å². The highest BCUT2D eigenvalue weighted by Gasteiger charge is 2.34. The number of halogens is 1. The van der Waals surface area contributed by atoms with Crippen LogP contribution in [0.3, 0.4) is 0 Å². The molecular formula is C17H16ClN3O4. The van der Waals surface area contributed by atoms with E-state index in [1.54, 1.807) is 19.9 Å². The maximum Gasteiger partial charge on any atom is 0.336 e. The summed E-state index contributed by atoms with van der Waals surface area (Å²) in [5, 5.41) is 23.6. The number of nitro benzene ring substituents is 1. The Bertz CT molecular complexity index is 823. The van der Waals surface area contributed by atoms with Gasteiger partial charge in [-0.25, -0.2) is 4.79 Å². The molecule has 0 saturated carbocycles. The molecule has 0 bridgehead atoms. The van der Waals surface area contributed by atoms with Gasteiger partial charge in [0, 0.05) is 23.5 Å². The predicted molar refractivity (Wildman–Crippen MR) is 91.7 cm³/mol. The molecule has 7 nitrogen and oxygen atoms in total. The summed E-state index contributed by atoms with van der Waals surface area (Å²) < 4.78 is 5.12. The van der Waals surface area contributed by atoms with Crippen molar-refractivity contribution in [3.63, 3.8) is 0 Å². The smallest absolute Gasteiger partial charge is 0.336 e. The number of allylic oxidation sites excluding steroid dienone is 3.